The largest absolute Gasteiger partial charge is 0.459 e. The van der Waals surface area contributed by atoms with Gasteiger partial charge in [-0.15, -0.1) is 0 Å². The second-order valence-electron chi connectivity index (χ2n) is 7.89. The number of ether oxygens (including phenoxy) is 4. The Balaban J connectivity index is 1.64. The summed E-state index contributed by atoms with van der Waals surface area (Å²) in [5.74, 6) is -0.598. The van der Waals surface area contributed by atoms with Gasteiger partial charge in [-0.1, -0.05) is 12.2 Å². The van der Waals surface area contributed by atoms with Crippen molar-refractivity contribution in [2.75, 3.05) is 13.2 Å². The van der Waals surface area contributed by atoms with Crippen LogP contribution in [0.5, 0.6) is 0 Å². The van der Waals surface area contributed by atoms with Crippen LogP contribution in [0.2, 0.25) is 0 Å². The maximum Gasteiger partial charge on any atom is 0.333 e. The first-order valence-corrected chi connectivity index (χ1v) is 9.27. The van der Waals surface area contributed by atoms with E-state index in [1.807, 2.05) is 26.0 Å². The summed E-state index contributed by atoms with van der Waals surface area (Å²) >= 11 is 0. The minimum atomic E-state index is -0.299. The third kappa shape index (κ3) is 4.35. The van der Waals surface area contributed by atoms with Crippen molar-refractivity contribution in [2.45, 2.75) is 76.8 Å². The molecule has 26 heavy (non-hydrogen) atoms. The molecule has 0 aromatic heterocycles. The zero-order valence-corrected chi connectivity index (χ0v) is 16.0. The lowest BCUT2D eigenvalue weighted by molar-refractivity contribution is -0.140. The van der Waals surface area contributed by atoms with E-state index in [1.54, 1.807) is 13.8 Å². The molecule has 2 saturated heterocycles. The topological polar surface area (TPSA) is 77.7 Å². The lowest BCUT2D eigenvalue weighted by atomic mass is 10.0. The van der Waals surface area contributed by atoms with E-state index in [0.717, 1.165) is 12.8 Å². The highest BCUT2D eigenvalue weighted by molar-refractivity contribution is 5.88. The molecule has 0 aliphatic carbocycles. The summed E-state index contributed by atoms with van der Waals surface area (Å²) in [5, 5.41) is 0. The fourth-order valence-electron chi connectivity index (χ4n) is 3.29. The summed E-state index contributed by atoms with van der Waals surface area (Å²) in [7, 11) is 0. The smallest absolute Gasteiger partial charge is 0.333 e. The molecular formula is C20H28O6. The average Bonchev–Trinajstić information content (AvgIpc) is 3.45. The molecule has 6 heteroatoms. The van der Waals surface area contributed by atoms with Gasteiger partial charge < -0.3 is 18.9 Å². The second-order valence-corrected chi connectivity index (χ2v) is 7.89. The highest BCUT2D eigenvalue weighted by Gasteiger charge is 2.53. The monoisotopic (exact) mass is 364 g/mol. The van der Waals surface area contributed by atoms with E-state index in [4.69, 9.17) is 18.9 Å². The van der Waals surface area contributed by atoms with Crippen LogP contribution in [-0.4, -0.2) is 48.6 Å². The Kier molecular flexibility index (Phi) is 5.26. The summed E-state index contributed by atoms with van der Waals surface area (Å²) in [4.78, 5) is 24.2. The molecule has 0 aromatic rings. The number of hydrogen-bond acceptors (Lipinski definition) is 6. The maximum absolute atomic E-state index is 12.1. The Morgan fingerprint density at radius 2 is 1.19 bits per heavy atom. The Morgan fingerprint density at radius 3 is 1.58 bits per heavy atom. The van der Waals surface area contributed by atoms with Crippen molar-refractivity contribution < 1.29 is 28.5 Å². The molecule has 0 aromatic carbocycles. The number of hydrogen-bond donors (Lipinski definition) is 0. The van der Waals surface area contributed by atoms with Gasteiger partial charge in [0.05, 0.1) is 11.2 Å². The van der Waals surface area contributed by atoms with Crippen molar-refractivity contribution >= 4 is 11.9 Å². The van der Waals surface area contributed by atoms with Crippen LogP contribution in [0.4, 0.5) is 0 Å². The van der Waals surface area contributed by atoms with Gasteiger partial charge in [0, 0.05) is 11.1 Å². The Labute approximate surface area is 154 Å². The molecule has 4 atom stereocenters. The number of cyclic esters (lactones) is 2. The molecule has 3 aliphatic heterocycles. The first kappa shape index (κ1) is 19.1. The van der Waals surface area contributed by atoms with Gasteiger partial charge in [0.2, 0.25) is 0 Å². The van der Waals surface area contributed by atoms with Gasteiger partial charge >= 0.3 is 11.9 Å². The van der Waals surface area contributed by atoms with Crippen molar-refractivity contribution in [3.8, 4) is 0 Å². The van der Waals surface area contributed by atoms with Gasteiger partial charge in [-0.3, -0.25) is 0 Å². The van der Waals surface area contributed by atoms with Crippen LogP contribution in [0.3, 0.4) is 0 Å². The van der Waals surface area contributed by atoms with E-state index in [-0.39, 0.29) is 48.6 Å². The normalized spacial score (nSPS) is 43.1. The van der Waals surface area contributed by atoms with E-state index >= 15 is 0 Å². The van der Waals surface area contributed by atoms with Crippen LogP contribution < -0.4 is 0 Å². The van der Waals surface area contributed by atoms with Crippen molar-refractivity contribution in [3.63, 3.8) is 0 Å². The SMILES string of the molecule is C/C1=C\CC[C@]2(C)O[C@H]2COC(=O)/C(C)=C/CC[C@]2(C)O[C@H]2COC1=O. The van der Waals surface area contributed by atoms with Crippen LogP contribution >= 0.6 is 0 Å². The van der Waals surface area contributed by atoms with E-state index in [2.05, 4.69) is 0 Å². The highest BCUT2D eigenvalue weighted by atomic mass is 16.6. The minimum absolute atomic E-state index is 0.0849. The third-order valence-electron chi connectivity index (χ3n) is 5.63. The lowest BCUT2D eigenvalue weighted by Gasteiger charge is -2.09. The first-order chi connectivity index (χ1) is 12.2. The number of rotatable bonds is 0. The number of allylic oxidation sites excluding steroid dienone is 2. The van der Waals surface area contributed by atoms with Crippen molar-refractivity contribution in [2.24, 2.45) is 0 Å². The van der Waals surface area contributed by atoms with Crippen LogP contribution in [0, 0.1) is 0 Å². The molecule has 3 aliphatic rings. The molecular weight excluding hydrogens is 336 g/mol. The number of carbonyl (C=O) groups excluding carboxylic acids is 2. The molecule has 0 spiro atoms. The van der Waals surface area contributed by atoms with Crippen molar-refractivity contribution in [3.05, 3.63) is 23.3 Å². The predicted molar refractivity (Wildman–Crippen MR) is 94.5 cm³/mol. The summed E-state index contributed by atoms with van der Waals surface area (Å²) in [6.07, 6.45) is 6.52. The van der Waals surface area contributed by atoms with E-state index in [9.17, 15) is 9.59 Å². The van der Waals surface area contributed by atoms with Gasteiger partial charge in [-0.25, -0.2) is 9.59 Å². The van der Waals surface area contributed by atoms with Crippen molar-refractivity contribution in [1.82, 2.24) is 0 Å². The third-order valence-corrected chi connectivity index (χ3v) is 5.63. The van der Waals surface area contributed by atoms with Gasteiger partial charge in [-0.05, 0) is 53.4 Å². The van der Waals surface area contributed by atoms with Gasteiger partial charge in [-0.2, -0.15) is 0 Å². The van der Waals surface area contributed by atoms with Gasteiger partial charge in [0.25, 0.3) is 0 Å². The van der Waals surface area contributed by atoms with Gasteiger partial charge in [0.1, 0.15) is 25.4 Å². The fraction of sp³-hybridized carbons (Fsp3) is 0.700. The molecule has 6 nitrogen and oxygen atoms in total. The molecule has 0 amide bonds. The number of carbonyl (C=O) groups is 2. The Hall–Kier alpha value is -1.66. The molecule has 0 N–H and O–H groups in total. The molecule has 0 bridgehead atoms. The second kappa shape index (κ2) is 7.16. The Bertz CT molecular complexity index is 595. The lowest BCUT2D eigenvalue weighted by Crippen LogP contribution is -2.19. The molecule has 3 heterocycles. The van der Waals surface area contributed by atoms with Crippen LogP contribution in [-0.2, 0) is 28.5 Å². The van der Waals surface area contributed by atoms with Crippen LogP contribution in [0.25, 0.3) is 0 Å². The number of fused-ring (bicyclic) bond motifs is 2. The molecule has 2 fully saturated rings. The van der Waals surface area contributed by atoms with E-state index < -0.39 is 0 Å². The molecule has 3 rings (SSSR count). The molecule has 0 radical (unpaired) electrons. The summed E-state index contributed by atoms with van der Waals surface area (Å²) < 4.78 is 22.1. The quantitative estimate of drug-likeness (QED) is 0.486. The Morgan fingerprint density at radius 1 is 0.808 bits per heavy atom. The average molecular weight is 364 g/mol. The van der Waals surface area contributed by atoms with E-state index in [1.165, 1.54) is 0 Å². The molecule has 144 valence electrons. The molecule has 0 unspecified atom stereocenters. The molecule has 0 saturated carbocycles. The maximum atomic E-state index is 12.1. The van der Waals surface area contributed by atoms with Crippen LogP contribution in [0.1, 0.15) is 53.4 Å². The zero-order chi connectivity index (χ0) is 18.9. The summed E-state index contributed by atoms with van der Waals surface area (Å²) in [6, 6.07) is 0. The standard InChI is InChI=1S/C20H28O6/c1-13-7-5-9-19(3)16(26-19)12-24-18(22)14(2)8-6-10-20(4)15(25-20)11-23-17(13)21/h7-8,15-16H,5-6,9-12H2,1-4H3/b13-7+,14-8+/t15-,16-,19-,20-/m0/s1. The summed E-state index contributed by atoms with van der Waals surface area (Å²) in [5.41, 5.74) is 0.597. The first-order valence-electron chi connectivity index (χ1n) is 9.27. The van der Waals surface area contributed by atoms with E-state index in [0.29, 0.717) is 24.0 Å². The van der Waals surface area contributed by atoms with Crippen molar-refractivity contribution in [1.29, 1.82) is 0 Å². The zero-order valence-electron chi connectivity index (χ0n) is 16.0. The highest BCUT2D eigenvalue weighted by Crippen LogP contribution is 2.42. The van der Waals surface area contributed by atoms with Crippen LogP contribution in [0.15, 0.2) is 23.3 Å². The summed E-state index contributed by atoms with van der Waals surface area (Å²) in [6.45, 7) is 8.04. The number of esters is 2. The fourth-order valence-corrected chi connectivity index (χ4v) is 3.29. The predicted octanol–water partition coefficient (Wildman–Crippen LogP) is 2.85. The van der Waals surface area contributed by atoms with Gasteiger partial charge in [0.15, 0.2) is 0 Å². The minimum Gasteiger partial charge on any atom is -0.459 e. The number of epoxide rings is 2.